The molecule has 0 unspecified atom stereocenters. The summed E-state index contributed by atoms with van der Waals surface area (Å²) < 4.78 is 0. The average Bonchev–Trinajstić information content (AvgIpc) is 3.02. The van der Waals surface area contributed by atoms with Crippen LogP contribution in [-0.2, 0) is 6.54 Å². The fourth-order valence-corrected chi connectivity index (χ4v) is 3.62. The molecular weight excluding hydrogens is 284 g/mol. The van der Waals surface area contributed by atoms with Crippen LogP contribution in [0.15, 0.2) is 35.3 Å². The molecule has 21 heavy (non-hydrogen) atoms. The number of aromatic nitrogens is 1. The van der Waals surface area contributed by atoms with Crippen molar-refractivity contribution in [3.05, 3.63) is 52.0 Å². The number of thiophene rings is 1. The van der Waals surface area contributed by atoms with E-state index in [1.54, 1.807) is 23.6 Å². The molecule has 1 N–H and O–H groups in total. The summed E-state index contributed by atoms with van der Waals surface area (Å²) in [6.07, 6.45) is 5.50. The summed E-state index contributed by atoms with van der Waals surface area (Å²) in [4.78, 5) is 17.4. The molecule has 110 valence electrons. The lowest BCUT2D eigenvalue weighted by molar-refractivity contribution is 0.0696. The van der Waals surface area contributed by atoms with Crippen molar-refractivity contribution in [3.8, 4) is 0 Å². The van der Waals surface area contributed by atoms with E-state index in [-0.39, 0.29) is 5.56 Å². The molecule has 0 aromatic carbocycles. The molecule has 3 heterocycles. The van der Waals surface area contributed by atoms with Gasteiger partial charge in [0.1, 0.15) is 0 Å². The van der Waals surface area contributed by atoms with Crippen molar-refractivity contribution in [1.82, 2.24) is 9.88 Å². The maximum atomic E-state index is 11.0. The van der Waals surface area contributed by atoms with Gasteiger partial charge in [-0.2, -0.15) is 11.3 Å². The van der Waals surface area contributed by atoms with E-state index in [1.807, 2.05) is 0 Å². The molecule has 1 aliphatic rings. The summed E-state index contributed by atoms with van der Waals surface area (Å²) in [5, 5.41) is 13.4. The highest BCUT2D eigenvalue weighted by molar-refractivity contribution is 7.07. The van der Waals surface area contributed by atoms with Gasteiger partial charge in [-0.1, -0.05) is 0 Å². The summed E-state index contributed by atoms with van der Waals surface area (Å²) in [6, 6.07) is 3.95. The highest BCUT2D eigenvalue weighted by Gasteiger charge is 2.21. The van der Waals surface area contributed by atoms with Crippen molar-refractivity contribution in [2.75, 3.05) is 13.1 Å². The molecule has 0 atom stereocenters. The third kappa shape index (κ3) is 3.49. The quantitative estimate of drug-likeness (QED) is 0.942. The molecule has 5 heteroatoms. The molecular formula is C16H18N2O2S. The van der Waals surface area contributed by atoms with Gasteiger partial charge in [0.15, 0.2) is 0 Å². The molecule has 0 saturated carbocycles. The van der Waals surface area contributed by atoms with Gasteiger partial charge in [-0.05, 0) is 65.9 Å². The van der Waals surface area contributed by atoms with E-state index in [0.717, 1.165) is 25.2 Å². The number of carboxylic acid groups (broad SMARTS) is 1. The third-order valence-corrected chi connectivity index (χ3v) is 4.75. The lowest BCUT2D eigenvalue weighted by Crippen LogP contribution is -2.32. The van der Waals surface area contributed by atoms with E-state index in [4.69, 9.17) is 5.11 Å². The number of hydrogen-bond donors (Lipinski definition) is 1. The minimum absolute atomic E-state index is 0.264. The Morgan fingerprint density at radius 1 is 1.38 bits per heavy atom. The SMILES string of the molecule is O=C(O)c1cncc(CN2CCC(c3ccsc3)CC2)c1. The number of aromatic carboxylic acids is 1. The average molecular weight is 302 g/mol. The Balaban J connectivity index is 1.58. The number of nitrogens with zero attached hydrogens (tertiary/aromatic N) is 2. The maximum absolute atomic E-state index is 11.0. The second-order valence-corrected chi connectivity index (χ2v) is 6.27. The Kier molecular flexibility index (Phi) is 4.31. The van der Waals surface area contributed by atoms with Crippen LogP contribution in [0.4, 0.5) is 0 Å². The standard InChI is InChI=1S/C16H18N2O2S/c19-16(20)15-7-12(8-17-9-15)10-18-4-1-13(2-5-18)14-3-6-21-11-14/h3,6-9,11,13H,1-2,4-5,10H2,(H,19,20). The second kappa shape index (κ2) is 6.37. The number of pyridine rings is 1. The van der Waals surface area contributed by atoms with Crippen LogP contribution >= 0.6 is 11.3 Å². The summed E-state index contributed by atoms with van der Waals surface area (Å²) in [6.45, 7) is 2.89. The highest BCUT2D eigenvalue weighted by Crippen LogP contribution is 2.29. The second-order valence-electron chi connectivity index (χ2n) is 5.49. The van der Waals surface area contributed by atoms with Crippen molar-refractivity contribution in [3.63, 3.8) is 0 Å². The van der Waals surface area contributed by atoms with Gasteiger partial charge in [0, 0.05) is 18.9 Å². The summed E-state index contributed by atoms with van der Waals surface area (Å²) in [5.74, 6) is -0.239. The van der Waals surface area contributed by atoms with Gasteiger partial charge in [0.2, 0.25) is 0 Å². The maximum Gasteiger partial charge on any atom is 0.337 e. The first-order chi connectivity index (χ1) is 10.2. The topological polar surface area (TPSA) is 53.4 Å². The van der Waals surface area contributed by atoms with Crippen molar-refractivity contribution in [2.45, 2.75) is 25.3 Å². The number of carbonyl (C=O) groups is 1. The first-order valence-corrected chi connectivity index (χ1v) is 8.08. The van der Waals surface area contributed by atoms with Gasteiger partial charge < -0.3 is 5.11 Å². The van der Waals surface area contributed by atoms with Crippen LogP contribution in [0.3, 0.4) is 0 Å². The number of carboxylic acids is 1. The van der Waals surface area contributed by atoms with Gasteiger partial charge in [-0.25, -0.2) is 4.79 Å². The number of piperidine rings is 1. The van der Waals surface area contributed by atoms with E-state index in [0.29, 0.717) is 5.92 Å². The zero-order chi connectivity index (χ0) is 14.7. The summed E-state index contributed by atoms with van der Waals surface area (Å²) in [7, 11) is 0. The fraction of sp³-hybridized carbons (Fsp3) is 0.375. The number of likely N-dealkylation sites (tertiary alicyclic amines) is 1. The van der Waals surface area contributed by atoms with Crippen molar-refractivity contribution >= 4 is 17.3 Å². The molecule has 1 aliphatic heterocycles. The van der Waals surface area contributed by atoms with Gasteiger partial charge in [-0.15, -0.1) is 0 Å². The first kappa shape index (κ1) is 14.2. The van der Waals surface area contributed by atoms with Crippen molar-refractivity contribution in [2.24, 2.45) is 0 Å². The van der Waals surface area contributed by atoms with Gasteiger partial charge in [0.25, 0.3) is 0 Å². The molecule has 0 radical (unpaired) electrons. The molecule has 0 aliphatic carbocycles. The lowest BCUT2D eigenvalue weighted by atomic mass is 9.91. The zero-order valence-corrected chi connectivity index (χ0v) is 12.6. The van der Waals surface area contributed by atoms with Crippen LogP contribution in [0.2, 0.25) is 0 Å². The van der Waals surface area contributed by atoms with Crippen LogP contribution in [-0.4, -0.2) is 34.0 Å². The van der Waals surface area contributed by atoms with E-state index >= 15 is 0 Å². The normalized spacial score (nSPS) is 17.0. The highest BCUT2D eigenvalue weighted by atomic mass is 32.1. The Bertz CT molecular complexity index is 604. The Morgan fingerprint density at radius 3 is 2.86 bits per heavy atom. The van der Waals surface area contributed by atoms with Crippen LogP contribution in [0, 0.1) is 0 Å². The molecule has 4 nitrogen and oxygen atoms in total. The molecule has 0 spiro atoms. The van der Waals surface area contributed by atoms with E-state index < -0.39 is 5.97 Å². The van der Waals surface area contributed by atoms with Crippen LogP contribution in [0.1, 0.15) is 40.2 Å². The minimum Gasteiger partial charge on any atom is -0.478 e. The molecule has 0 amide bonds. The van der Waals surface area contributed by atoms with Crippen LogP contribution in [0.25, 0.3) is 0 Å². The van der Waals surface area contributed by atoms with Gasteiger partial charge in [-0.3, -0.25) is 9.88 Å². The molecule has 1 saturated heterocycles. The van der Waals surface area contributed by atoms with Gasteiger partial charge >= 0.3 is 5.97 Å². The predicted molar refractivity (Wildman–Crippen MR) is 82.8 cm³/mol. The number of hydrogen-bond acceptors (Lipinski definition) is 4. The molecule has 2 aromatic rings. The van der Waals surface area contributed by atoms with Crippen LogP contribution in [0.5, 0.6) is 0 Å². The Morgan fingerprint density at radius 2 is 2.19 bits per heavy atom. The smallest absolute Gasteiger partial charge is 0.337 e. The summed E-state index contributed by atoms with van der Waals surface area (Å²) >= 11 is 1.76. The third-order valence-electron chi connectivity index (χ3n) is 4.05. The predicted octanol–water partition coefficient (Wildman–Crippen LogP) is 3.22. The fourth-order valence-electron chi connectivity index (χ4n) is 2.88. The van der Waals surface area contributed by atoms with Crippen LogP contribution < -0.4 is 0 Å². The largest absolute Gasteiger partial charge is 0.478 e. The zero-order valence-electron chi connectivity index (χ0n) is 11.7. The lowest BCUT2D eigenvalue weighted by Gasteiger charge is -2.31. The Hall–Kier alpha value is -1.72. The van der Waals surface area contributed by atoms with Crippen molar-refractivity contribution in [1.29, 1.82) is 0 Å². The monoisotopic (exact) mass is 302 g/mol. The molecule has 0 bridgehead atoms. The first-order valence-electron chi connectivity index (χ1n) is 7.14. The van der Waals surface area contributed by atoms with Crippen molar-refractivity contribution < 1.29 is 9.90 Å². The summed E-state index contributed by atoms with van der Waals surface area (Å²) in [5.41, 5.74) is 2.71. The van der Waals surface area contributed by atoms with E-state index in [9.17, 15) is 4.79 Å². The van der Waals surface area contributed by atoms with E-state index in [1.165, 1.54) is 24.6 Å². The molecule has 3 rings (SSSR count). The molecule has 1 fully saturated rings. The number of rotatable bonds is 4. The van der Waals surface area contributed by atoms with E-state index in [2.05, 4.69) is 26.7 Å². The molecule has 2 aromatic heterocycles. The minimum atomic E-state index is -0.916. The van der Waals surface area contributed by atoms with Gasteiger partial charge in [0.05, 0.1) is 5.56 Å². The Labute approximate surface area is 128 Å².